The highest BCUT2D eigenvalue weighted by Gasteiger charge is 2.64. The highest BCUT2D eigenvalue weighted by Crippen LogP contribution is 2.55. The molecule has 58 heavy (non-hydrogen) atoms. The summed E-state index contributed by atoms with van der Waals surface area (Å²) < 4.78 is 6.38. The first kappa shape index (κ1) is 39.4. The third kappa shape index (κ3) is 7.06. The molecule has 3 aromatic carbocycles. The lowest BCUT2D eigenvalue weighted by molar-refractivity contribution is -0.164. The first-order valence-electron chi connectivity index (χ1n) is 20.0. The molecule has 0 spiro atoms. The van der Waals surface area contributed by atoms with Gasteiger partial charge in [0, 0.05) is 92.1 Å². The maximum atomic E-state index is 13.5. The minimum Gasteiger partial charge on any atom is -0.489 e. The number of hydrogen-bond donors (Lipinski definition) is 2. The van der Waals surface area contributed by atoms with Crippen LogP contribution in [0.25, 0.3) is 0 Å². The molecule has 8 rings (SSSR count). The third-order valence-corrected chi connectivity index (χ3v) is 13.2. The number of imide groups is 2. The maximum absolute atomic E-state index is 13.5. The molecule has 4 aliphatic heterocycles. The van der Waals surface area contributed by atoms with Crippen LogP contribution in [0.2, 0.25) is 5.02 Å². The molecule has 1 saturated carbocycles. The number of nitrogens with zero attached hydrogens (tertiary/aromatic N) is 5. The van der Waals surface area contributed by atoms with Crippen LogP contribution in [0, 0.1) is 28.1 Å². The van der Waals surface area contributed by atoms with Gasteiger partial charge in [0.1, 0.15) is 24.0 Å². The highest BCUT2D eigenvalue weighted by molar-refractivity contribution is 6.31. The fraction of sp³-hybridized carbons (Fsp3) is 0.455. The van der Waals surface area contributed by atoms with Crippen LogP contribution in [-0.2, 0) is 9.59 Å². The number of halogens is 1. The summed E-state index contributed by atoms with van der Waals surface area (Å²) in [5.74, 6) is -1.06. The molecule has 3 aromatic rings. The number of anilines is 2. The van der Waals surface area contributed by atoms with Gasteiger partial charge in [-0.1, -0.05) is 39.3 Å². The molecule has 1 unspecified atom stereocenters. The Kier molecular flexibility index (Phi) is 10.2. The van der Waals surface area contributed by atoms with Crippen molar-refractivity contribution in [2.45, 2.75) is 65.1 Å². The van der Waals surface area contributed by atoms with Crippen molar-refractivity contribution in [3.63, 3.8) is 0 Å². The fourth-order valence-electron chi connectivity index (χ4n) is 10.1. The Balaban J connectivity index is 0.807. The SMILES string of the molecule is CC1(C)C(NC(=O)c2ccc(N3CCN(C[C@@H]4CCN(c5ccc6c(c5)C(=O)N(C5CCC(=O)NC5=O)C6=O)C4)CC3)cc2)C(C)(C)C1Oc1ccc(C#N)c(Cl)c1. The van der Waals surface area contributed by atoms with E-state index >= 15 is 0 Å². The lowest BCUT2D eigenvalue weighted by atomic mass is 9.49. The normalized spacial score (nSPS) is 25.2. The Labute approximate surface area is 343 Å². The molecule has 14 heteroatoms. The Hall–Kier alpha value is -5.45. The molecular formula is C44H48ClN7O6. The van der Waals surface area contributed by atoms with Crippen molar-refractivity contribution in [3.8, 4) is 11.8 Å². The van der Waals surface area contributed by atoms with Gasteiger partial charge in [-0.25, -0.2) is 0 Å². The van der Waals surface area contributed by atoms with E-state index in [0.717, 1.165) is 68.5 Å². The Morgan fingerprint density at radius 2 is 1.55 bits per heavy atom. The van der Waals surface area contributed by atoms with E-state index in [-0.39, 0.29) is 41.7 Å². The van der Waals surface area contributed by atoms with Crippen LogP contribution in [0.4, 0.5) is 11.4 Å². The zero-order valence-electron chi connectivity index (χ0n) is 33.2. The molecule has 4 fully saturated rings. The lowest BCUT2D eigenvalue weighted by Gasteiger charge is -2.63. The van der Waals surface area contributed by atoms with Gasteiger partial charge in [0.05, 0.1) is 21.7 Å². The predicted molar refractivity (Wildman–Crippen MR) is 218 cm³/mol. The summed E-state index contributed by atoms with van der Waals surface area (Å²) in [4.78, 5) is 72.2. The maximum Gasteiger partial charge on any atom is 0.262 e. The fourth-order valence-corrected chi connectivity index (χ4v) is 10.3. The molecule has 5 amide bonds. The quantitative estimate of drug-likeness (QED) is 0.286. The number of carbonyl (C=O) groups is 5. The van der Waals surface area contributed by atoms with Crippen molar-refractivity contribution < 1.29 is 28.7 Å². The summed E-state index contributed by atoms with van der Waals surface area (Å²) in [6.07, 6.45) is 1.05. The number of amides is 5. The largest absolute Gasteiger partial charge is 0.489 e. The van der Waals surface area contributed by atoms with Gasteiger partial charge in [-0.2, -0.15) is 5.26 Å². The number of fused-ring (bicyclic) bond motifs is 1. The second kappa shape index (κ2) is 15.1. The van der Waals surface area contributed by atoms with E-state index in [1.165, 1.54) is 0 Å². The average Bonchev–Trinajstić information content (AvgIpc) is 3.77. The number of piperidine rings is 1. The van der Waals surface area contributed by atoms with Crippen LogP contribution in [0.3, 0.4) is 0 Å². The summed E-state index contributed by atoms with van der Waals surface area (Å²) in [6, 6.07) is 19.2. The number of benzene rings is 3. The lowest BCUT2D eigenvalue weighted by Crippen LogP contribution is -2.74. The zero-order chi connectivity index (χ0) is 41.1. The highest BCUT2D eigenvalue weighted by atomic mass is 35.5. The first-order chi connectivity index (χ1) is 27.6. The predicted octanol–water partition coefficient (Wildman–Crippen LogP) is 4.87. The molecule has 5 aliphatic rings. The van der Waals surface area contributed by atoms with Crippen LogP contribution < -0.4 is 25.2 Å². The Bertz CT molecular complexity index is 2210. The summed E-state index contributed by atoms with van der Waals surface area (Å²) >= 11 is 6.25. The van der Waals surface area contributed by atoms with E-state index in [2.05, 4.69) is 59.1 Å². The molecule has 1 aliphatic carbocycles. The van der Waals surface area contributed by atoms with Gasteiger partial charge in [0.2, 0.25) is 11.8 Å². The summed E-state index contributed by atoms with van der Waals surface area (Å²) in [5, 5.41) is 15.1. The standard InChI is InChI=1S/C44H48ClN7O6/c1-43(2)41(44(3,4)42(43)58-31-11-7-28(23-46)34(45)22-31)48-37(54)27-5-8-29(9-6-27)50-19-17-49(18-20-50)24-26-15-16-51(25-26)30-10-12-32-33(21-30)40(57)52(39(32)56)35-13-14-36(53)47-38(35)55/h5-12,21-22,26,35,41-42H,13-20,24-25H2,1-4H3,(H,48,54)(H,47,53,55)/t26-,35?,41?,42?/m0/s1. The van der Waals surface area contributed by atoms with Crippen molar-refractivity contribution in [2.75, 3.05) is 55.6 Å². The minimum absolute atomic E-state index is 0.0881. The van der Waals surface area contributed by atoms with Gasteiger partial charge in [-0.3, -0.25) is 39.1 Å². The first-order valence-corrected chi connectivity index (χ1v) is 20.4. The molecular weight excluding hydrogens is 758 g/mol. The van der Waals surface area contributed by atoms with Gasteiger partial charge in [-0.15, -0.1) is 0 Å². The molecule has 4 heterocycles. The average molecular weight is 806 g/mol. The molecule has 2 atom stereocenters. The number of carbonyl (C=O) groups excluding carboxylic acids is 5. The minimum atomic E-state index is -0.978. The van der Waals surface area contributed by atoms with Gasteiger partial charge in [0.25, 0.3) is 17.7 Å². The van der Waals surface area contributed by atoms with Crippen molar-refractivity contribution in [1.29, 1.82) is 5.26 Å². The van der Waals surface area contributed by atoms with Crippen molar-refractivity contribution in [1.82, 2.24) is 20.4 Å². The third-order valence-electron chi connectivity index (χ3n) is 12.9. The van der Waals surface area contributed by atoms with Crippen LogP contribution in [-0.4, -0.2) is 103 Å². The van der Waals surface area contributed by atoms with E-state index in [0.29, 0.717) is 38.9 Å². The number of rotatable bonds is 9. The molecule has 302 valence electrons. The van der Waals surface area contributed by atoms with Crippen LogP contribution in [0.1, 0.15) is 83.6 Å². The smallest absolute Gasteiger partial charge is 0.262 e. The Morgan fingerprint density at radius 1 is 0.862 bits per heavy atom. The van der Waals surface area contributed by atoms with Gasteiger partial charge >= 0.3 is 0 Å². The van der Waals surface area contributed by atoms with E-state index in [4.69, 9.17) is 16.3 Å². The molecule has 0 aromatic heterocycles. The van der Waals surface area contributed by atoms with Gasteiger partial charge < -0.3 is 19.9 Å². The van der Waals surface area contributed by atoms with E-state index in [9.17, 15) is 29.2 Å². The van der Waals surface area contributed by atoms with Gasteiger partial charge in [-0.05, 0) is 73.4 Å². The van der Waals surface area contributed by atoms with Crippen molar-refractivity contribution >= 4 is 52.5 Å². The van der Waals surface area contributed by atoms with Crippen LogP contribution in [0.5, 0.6) is 5.75 Å². The number of hydrogen-bond acceptors (Lipinski definition) is 10. The molecule has 0 bridgehead atoms. The van der Waals surface area contributed by atoms with E-state index in [1.807, 2.05) is 30.3 Å². The van der Waals surface area contributed by atoms with Crippen molar-refractivity contribution in [2.24, 2.45) is 16.7 Å². The van der Waals surface area contributed by atoms with Crippen LogP contribution >= 0.6 is 11.6 Å². The second-order valence-corrected chi connectivity index (χ2v) is 17.8. The topological polar surface area (TPSA) is 155 Å². The molecule has 13 nitrogen and oxygen atoms in total. The number of piperazine rings is 1. The number of ether oxygens (including phenoxy) is 1. The molecule has 3 saturated heterocycles. The summed E-state index contributed by atoms with van der Waals surface area (Å²) in [7, 11) is 0. The monoisotopic (exact) mass is 805 g/mol. The number of nitrogens with one attached hydrogen (secondary N) is 2. The van der Waals surface area contributed by atoms with Gasteiger partial charge in [0.15, 0.2) is 0 Å². The summed E-state index contributed by atoms with van der Waals surface area (Å²) in [5.41, 5.74) is 2.86. The zero-order valence-corrected chi connectivity index (χ0v) is 34.0. The summed E-state index contributed by atoms with van der Waals surface area (Å²) in [6.45, 7) is 14.6. The second-order valence-electron chi connectivity index (χ2n) is 17.4. The Morgan fingerprint density at radius 3 is 2.22 bits per heavy atom. The van der Waals surface area contributed by atoms with E-state index < -0.39 is 29.7 Å². The molecule has 2 N–H and O–H groups in total. The van der Waals surface area contributed by atoms with Crippen molar-refractivity contribution in [3.05, 3.63) is 87.9 Å². The number of nitriles is 1. The van der Waals surface area contributed by atoms with Crippen LogP contribution in [0.15, 0.2) is 60.7 Å². The molecule has 0 radical (unpaired) electrons. The van der Waals surface area contributed by atoms with E-state index in [1.54, 1.807) is 30.3 Å².